The Morgan fingerprint density at radius 3 is 2.43 bits per heavy atom. The maximum absolute atomic E-state index is 12.3. The zero-order valence-electron chi connectivity index (χ0n) is 16.1. The number of hydrogen-bond donors (Lipinski definition) is 2. The predicted molar refractivity (Wildman–Crippen MR) is 119 cm³/mol. The monoisotopic (exact) mass is 463 g/mol. The van der Waals surface area contributed by atoms with Crippen LogP contribution in [0.2, 0.25) is 10.0 Å². The van der Waals surface area contributed by atoms with E-state index in [1.54, 1.807) is 48.5 Å². The zero-order valence-corrected chi connectivity index (χ0v) is 18.4. The summed E-state index contributed by atoms with van der Waals surface area (Å²) in [6.07, 6.45) is 0. The van der Waals surface area contributed by atoms with Crippen LogP contribution in [-0.2, 0) is 17.9 Å². The first-order valence-corrected chi connectivity index (χ1v) is 10.9. The molecule has 0 aliphatic carbocycles. The third-order valence-corrected chi connectivity index (χ3v) is 5.74. The minimum Gasteiger partial charge on any atom is -0.345 e. The summed E-state index contributed by atoms with van der Waals surface area (Å²) in [6.45, 7) is 2.73. The standard InChI is InChI=1S/C20H19Cl2N5O2S/c1-2-27-17(11-23-19(29)13-7-3-4-8-14(13)21)25-26-20(27)30-12-18(28)24-16-10-6-5-9-15(16)22/h3-10H,2,11-12H2,1H3,(H,23,29)(H,24,28). The molecular formula is C20H19Cl2N5O2S. The Bertz CT molecular complexity index is 1060. The van der Waals surface area contributed by atoms with Crippen LogP contribution >= 0.6 is 35.0 Å². The SMILES string of the molecule is CCn1c(CNC(=O)c2ccccc2Cl)nnc1SCC(=O)Nc1ccccc1Cl. The first-order valence-electron chi connectivity index (χ1n) is 9.11. The van der Waals surface area contributed by atoms with Crippen molar-refractivity contribution in [1.29, 1.82) is 0 Å². The fourth-order valence-corrected chi connectivity index (χ4v) is 3.88. The first-order chi connectivity index (χ1) is 14.5. The van der Waals surface area contributed by atoms with Gasteiger partial charge in [-0.2, -0.15) is 0 Å². The van der Waals surface area contributed by atoms with Gasteiger partial charge in [-0.05, 0) is 31.2 Å². The fourth-order valence-electron chi connectivity index (χ4n) is 2.65. The van der Waals surface area contributed by atoms with Crippen LogP contribution < -0.4 is 10.6 Å². The molecule has 0 aliphatic rings. The molecule has 0 atom stereocenters. The van der Waals surface area contributed by atoms with Crippen LogP contribution in [0.3, 0.4) is 0 Å². The van der Waals surface area contributed by atoms with E-state index >= 15 is 0 Å². The second kappa shape index (κ2) is 10.5. The van der Waals surface area contributed by atoms with Crippen molar-refractivity contribution in [3.05, 3.63) is 70.0 Å². The summed E-state index contributed by atoms with van der Waals surface area (Å²) >= 11 is 13.4. The van der Waals surface area contributed by atoms with Gasteiger partial charge in [-0.25, -0.2) is 0 Å². The molecule has 10 heteroatoms. The quantitative estimate of drug-likeness (QED) is 0.487. The zero-order chi connectivity index (χ0) is 21.5. The van der Waals surface area contributed by atoms with Crippen LogP contribution in [-0.4, -0.2) is 32.3 Å². The van der Waals surface area contributed by atoms with Gasteiger partial charge < -0.3 is 15.2 Å². The van der Waals surface area contributed by atoms with Gasteiger partial charge in [0, 0.05) is 6.54 Å². The van der Waals surface area contributed by atoms with Crippen molar-refractivity contribution in [3.8, 4) is 0 Å². The van der Waals surface area contributed by atoms with E-state index < -0.39 is 0 Å². The Hall–Kier alpha value is -2.55. The Balaban J connectivity index is 1.58. The molecule has 0 unspecified atom stereocenters. The van der Waals surface area contributed by atoms with Crippen molar-refractivity contribution in [2.75, 3.05) is 11.1 Å². The van der Waals surface area contributed by atoms with E-state index in [-0.39, 0.29) is 24.1 Å². The molecule has 0 saturated heterocycles. The molecule has 7 nitrogen and oxygen atoms in total. The third-order valence-electron chi connectivity index (χ3n) is 4.12. The number of nitrogens with zero attached hydrogens (tertiary/aromatic N) is 3. The first kappa shape index (κ1) is 22.1. The van der Waals surface area contributed by atoms with Crippen molar-refractivity contribution >= 4 is 52.5 Å². The minimum atomic E-state index is -0.292. The lowest BCUT2D eigenvalue weighted by Crippen LogP contribution is -2.25. The van der Waals surface area contributed by atoms with E-state index in [2.05, 4.69) is 20.8 Å². The number of carbonyl (C=O) groups is 2. The molecule has 156 valence electrons. The molecule has 1 aromatic heterocycles. The highest BCUT2D eigenvalue weighted by Gasteiger charge is 2.15. The Morgan fingerprint density at radius 1 is 1.03 bits per heavy atom. The summed E-state index contributed by atoms with van der Waals surface area (Å²) in [6, 6.07) is 13.9. The highest BCUT2D eigenvalue weighted by molar-refractivity contribution is 7.99. The van der Waals surface area contributed by atoms with Gasteiger partial charge in [-0.3, -0.25) is 9.59 Å². The maximum Gasteiger partial charge on any atom is 0.253 e. The predicted octanol–water partition coefficient (Wildman–Crippen LogP) is 4.27. The molecule has 30 heavy (non-hydrogen) atoms. The van der Waals surface area contributed by atoms with Crippen LogP contribution in [0.5, 0.6) is 0 Å². The second-order valence-electron chi connectivity index (χ2n) is 6.12. The number of nitrogens with one attached hydrogen (secondary N) is 2. The van der Waals surface area contributed by atoms with E-state index in [4.69, 9.17) is 23.2 Å². The molecule has 1 heterocycles. The van der Waals surface area contributed by atoms with Gasteiger partial charge in [0.15, 0.2) is 11.0 Å². The average molecular weight is 464 g/mol. The number of halogens is 2. The minimum absolute atomic E-state index is 0.148. The molecular weight excluding hydrogens is 445 g/mol. The normalized spacial score (nSPS) is 10.6. The topological polar surface area (TPSA) is 88.9 Å². The van der Waals surface area contributed by atoms with Gasteiger partial charge in [0.25, 0.3) is 5.91 Å². The van der Waals surface area contributed by atoms with Gasteiger partial charge in [-0.15, -0.1) is 10.2 Å². The van der Waals surface area contributed by atoms with Crippen molar-refractivity contribution < 1.29 is 9.59 Å². The van der Waals surface area contributed by atoms with Crippen LogP contribution in [0, 0.1) is 0 Å². The number of anilines is 1. The number of carbonyl (C=O) groups excluding carboxylic acids is 2. The van der Waals surface area contributed by atoms with E-state index in [0.717, 1.165) is 0 Å². The molecule has 3 rings (SSSR count). The highest BCUT2D eigenvalue weighted by Crippen LogP contribution is 2.22. The summed E-state index contributed by atoms with van der Waals surface area (Å²) in [5.41, 5.74) is 0.956. The largest absolute Gasteiger partial charge is 0.345 e. The number of para-hydroxylation sites is 1. The number of aromatic nitrogens is 3. The lowest BCUT2D eigenvalue weighted by molar-refractivity contribution is -0.113. The molecule has 0 aliphatic heterocycles. The molecule has 0 spiro atoms. The summed E-state index contributed by atoms with van der Waals surface area (Å²) in [4.78, 5) is 24.6. The average Bonchev–Trinajstić information content (AvgIpc) is 3.14. The van der Waals surface area contributed by atoms with Crippen molar-refractivity contribution in [2.45, 2.75) is 25.2 Å². The molecule has 2 amide bonds. The molecule has 2 aromatic carbocycles. The summed E-state index contributed by atoms with van der Waals surface area (Å²) < 4.78 is 1.85. The van der Waals surface area contributed by atoms with Crippen LogP contribution in [0.1, 0.15) is 23.1 Å². The van der Waals surface area contributed by atoms with Crippen LogP contribution in [0.25, 0.3) is 0 Å². The van der Waals surface area contributed by atoms with Crippen LogP contribution in [0.4, 0.5) is 5.69 Å². The Labute approximate surface area is 188 Å². The molecule has 0 radical (unpaired) electrons. The number of benzene rings is 2. The summed E-state index contributed by atoms with van der Waals surface area (Å²) in [5, 5.41) is 15.3. The van der Waals surface area contributed by atoms with Gasteiger partial charge in [0.05, 0.1) is 33.6 Å². The number of rotatable bonds is 8. The summed E-state index contributed by atoms with van der Waals surface area (Å²) in [5.74, 6) is 0.244. The number of amides is 2. The van der Waals surface area contributed by atoms with Gasteiger partial charge in [0.1, 0.15) is 0 Å². The Morgan fingerprint density at radius 2 is 1.73 bits per heavy atom. The van der Waals surface area contributed by atoms with E-state index in [0.29, 0.717) is 38.8 Å². The van der Waals surface area contributed by atoms with Crippen molar-refractivity contribution in [1.82, 2.24) is 20.1 Å². The maximum atomic E-state index is 12.3. The van der Waals surface area contributed by atoms with Crippen molar-refractivity contribution in [2.24, 2.45) is 0 Å². The van der Waals surface area contributed by atoms with E-state index in [1.165, 1.54) is 11.8 Å². The fraction of sp³-hybridized carbons (Fsp3) is 0.200. The van der Waals surface area contributed by atoms with Gasteiger partial charge >= 0.3 is 0 Å². The van der Waals surface area contributed by atoms with Gasteiger partial charge in [-0.1, -0.05) is 59.2 Å². The molecule has 0 fully saturated rings. The van der Waals surface area contributed by atoms with Crippen molar-refractivity contribution in [3.63, 3.8) is 0 Å². The summed E-state index contributed by atoms with van der Waals surface area (Å²) in [7, 11) is 0. The van der Waals surface area contributed by atoms with E-state index in [9.17, 15) is 9.59 Å². The van der Waals surface area contributed by atoms with E-state index in [1.807, 2.05) is 11.5 Å². The third kappa shape index (κ3) is 5.53. The second-order valence-corrected chi connectivity index (χ2v) is 7.88. The lowest BCUT2D eigenvalue weighted by Gasteiger charge is -2.09. The lowest BCUT2D eigenvalue weighted by atomic mass is 10.2. The number of hydrogen-bond acceptors (Lipinski definition) is 5. The van der Waals surface area contributed by atoms with Crippen LogP contribution in [0.15, 0.2) is 53.7 Å². The van der Waals surface area contributed by atoms with Gasteiger partial charge in [0.2, 0.25) is 5.91 Å². The number of thioether (sulfide) groups is 1. The Kier molecular flexibility index (Phi) is 7.73. The molecule has 3 aromatic rings. The molecule has 0 saturated carbocycles. The highest BCUT2D eigenvalue weighted by atomic mass is 35.5. The molecule has 0 bridgehead atoms. The molecule has 2 N–H and O–H groups in total. The smallest absolute Gasteiger partial charge is 0.253 e.